The van der Waals surface area contributed by atoms with Crippen LogP contribution in [0.2, 0.25) is 0 Å². The summed E-state index contributed by atoms with van der Waals surface area (Å²) in [6.07, 6.45) is 0. The lowest BCUT2D eigenvalue weighted by atomic mass is 9.58. The molecule has 0 saturated heterocycles. The first-order valence-electron chi connectivity index (χ1n) is 12.6. The fourth-order valence-corrected chi connectivity index (χ4v) is 6.02. The highest BCUT2D eigenvalue weighted by atomic mass is 16.3. The van der Waals surface area contributed by atoms with Crippen LogP contribution in [0.3, 0.4) is 0 Å². The number of para-hydroxylation sites is 1. The Morgan fingerprint density at radius 1 is 0.400 bits per heavy atom. The van der Waals surface area contributed by atoms with E-state index in [1.165, 1.54) is 87.7 Å². The van der Waals surface area contributed by atoms with Crippen molar-refractivity contribution in [1.82, 2.24) is 0 Å². The highest BCUT2D eigenvalue weighted by molar-refractivity contribution is 6.70. The van der Waals surface area contributed by atoms with Crippen LogP contribution < -0.4 is 54.6 Å². The van der Waals surface area contributed by atoms with Gasteiger partial charge in [0.05, 0.1) is 0 Å². The topological polar surface area (TPSA) is 13.1 Å². The third-order valence-electron chi connectivity index (χ3n) is 9.07. The number of rotatable bonds is 2. The minimum Gasteiger partial charge on any atom is -0.455 e. The third-order valence-corrected chi connectivity index (χ3v) is 9.07. The van der Waals surface area contributed by atoms with E-state index < -0.39 is 0 Å². The Bertz CT molecular complexity index is 1650. The Hall–Kier alpha value is -2.67. The second kappa shape index (κ2) is 8.47. The average molecular weight is 439 g/mol. The molecular weight excluding hydrogens is 412 g/mol. The van der Waals surface area contributed by atoms with Gasteiger partial charge in [-0.3, -0.25) is 0 Å². The summed E-state index contributed by atoms with van der Waals surface area (Å²) >= 11 is 0. The summed E-state index contributed by atoms with van der Waals surface area (Å²) < 4.78 is 6.68. The lowest BCUT2D eigenvalue weighted by molar-refractivity contribution is 0.670. The molecule has 0 aliphatic rings. The van der Waals surface area contributed by atoms with E-state index >= 15 is 0 Å². The molecule has 0 spiro atoms. The summed E-state index contributed by atoms with van der Waals surface area (Å²) in [6.45, 7) is 0. The van der Waals surface area contributed by atoms with Gasteiger partial charge in [0.25, 0.3) is 0 Å². The Morgan fingerprint density at radius 2 is 0.857 bits per heavy atom. The predicted molar refractivity (Wildman–Crippen MR) is 186 cm³/mol. The maximum absolute atomic E-state index is 6.68. The second-order valence-corrected chi connectivity index (χ2v) is 10.5. The molecule has 35 heavy (non-hydrogen) atoms. The molecular formula is C24H26B10O. The normalized spacial score (nSPS) is 11.4. The van der Waals surface area contributed by atoms with E-state index in [-0.39, 0.29) is 0 Å². The monoisotopic (exact) mass is 440 g/mol. The van der Waals surface area contributed by atoms with Crippen molar-refractivity contribution in [3.05, 3.63) is 36.4 Å². The van der Waals surface area contributed by atoms with E-state index in [2.05, 4.69) is 115 Å². The molecule has 0 aliphatic carbocycles. The molecule has 0 radical (unpaired) electrons. The van der Waals surface area contributed by atoms with Gasteiger partial charge in [-0.2, -0.15) is 0 Å². The van der Waals surface area contributed by atoms with Crippen LogP contribution in [0, 0.1) is 0 Å². The summed E-state index contributed by atoms with van der Waals surface area (Å²) in [5, 5.41) is 2.36. The summed E-state index contributed by atoms with van der Waals surface area (Å²) in [6, 6.07) is 13.0. The number of furan rings is 1. The first-order chi connectivity index (χ1) is 16.6. The van der Waals surface area contributed by atoms with Crippen molar-refractivity contribution in [3.8, 4) is 22.3 Å². The van der Waals surface area contributed by atoms with Crippen molar-refractivity contribution in [2.45, 2.75) is 0 Å². The molecule has 0 atom stereocenters. The highest BCUT2D eigenvalue weighted by Crippen LogP contribution is 2.39. The Labute approximate surface area is 217 Å². The summed E-state index contributed by atoms with van der Waals surface area (Å²) in [5.74, 6) is 0. The standard InChI is InChI=1S/C24H26B10O/c25-14-12(15(26)19(30)22(33)18(14)29)9-6-5-8-7-3-1-2-4-10(7)35-24(8)11(9)13-16(27)20(31)23(34)21(32)17(13)28/h1-6H,25-34H2. The number of fused-ring (bicyclic) bond motifs is 3. The number of hydrogen-bond donors (Lipinski definition) is 0. The van der Waals surface area contributed by atoms with Gasteiger partial charge in [-0.15, -0.1) is 32.8 Å². The van der Waals surface area contributed by atoms with Crippen LogP contribution in [-0.4, -0.2) is 78.5 Å². The van der Waals surface area contributed by atoms with Gasteiger partial charge in [0.2, 0.25) is 0 Å². The zero-order valence-electron chi connectivity index (χ0n) is 22.9. The quantitative estimate of drug-likeness (QED) is 0.250. The SMILES string of the molecule is Bc1c(B)c(B)c(-c2ccc3c(oc4ccccc43)c2-c2c(B)c(B)c(B)c(B)c2B)c(B)c1B. The molecule has 0 unspecified atom stereocenters. The number of hydrogen-bond acceptors (Lipinski definition) is 1. The van der Waals surface area contributed by atoms with E-state index in [9.17, 15) is 0 Å². The lowest BCUT2D eigenvalue weighted by Crippen LogP contribution is -2.56. The van der Waals surface area contributed by atoms with Crippen LogP contribution in [0.5, 0.6) is 0 Å². The maximum Gasteiger partial charge on any atom is 0.143 e. The third kappa shape index (κ3) is 3.38. The van der Waals surface area contributed by atoms with Crippen LogP contribution in [-0.2, 0) is 0 Å². The van der Waals surface area contributed by atoms with Crippen molar-refractivity contribution in [2.24, 2.45) is 0 Å². The molecule has 158 valence electrons. The smallest absolute Gasteiger partial charge is 0.143 e. The first kappa shape index (κ1) is 24.0. The van der Waals surface area contributed by atoms with Crippen molar-refractivity contribution < 1.29 is 4.42 Å². The van der Waals surface area contributed by atoms with Gasteiger partial charge in [-0.25, -0.2) is 0 Å². The molecule has 5 aromatic rings. The molecule has 0 N–H and O–H groups in total. The van der Waals surface area contributed by atoms with Crippen LogP contribution in [0.4, 0.5) is 0 Å². The van der Waals surface area contributed by atoms with Crippen LogP contribution in [0.1, 0.15) is 0 Å². The minimum atomic E-state index is 0.946. The van der Waals surface area contributed by atoms with Gasteiger partial charge in [-0.05, 0) is 28.8 Å². The fourth-order valence-electron chi connectivity index (χ4n) is 6.02. The predicted octanol–water partition coefficient (Wildman–Crippen LogP) is -10.5. The molecule has 0 saturated carbocycles. The summed E-state index contributed by atoms with van der Waals surface area (Å²) in [4.78, 5) is 0. The largest absolute Gasteiger partial charge is 0.455 e. The first-order valence-corrected chi connectivity index (χ1v) is 12.6. The van der Waals surface area contributed by atoms with E-state index in [4.69, 9.17) is 4.42 Å². The molecule has 1 aromatic heterocycles. The zero-order chi connectivity index (χ0) is 25.3. The second-order valence-electron chi connectivity index (χ2n) is 10.5. The molecule has 11 heteroatoms. The minimum absolute atomic E-state index is 0.946. The van der Waals surface area contributed by atoms with Crippen molar-refractivity contribution in [2.75, 3.05) is 0 Å². The number of benzene rings is 4. The van der Waals surface area contributed by atoms with Crippen LogP contribution in [0.15, 0.2) is 40.8 Å². The maximum atomic E-state index is 6.68. The average Bonchev–Trinajstić information content (AvgIpc) is 3.23. The van der Waals surface area contributed by atoms with Gasteiger partial charge >= 0.3 is 0 Å². The Balaban J connectivity index is 2.05. The van der Waals surface area contributed by atoms with Crippen molar-refractivity contribution >= 4 is 155 Å². The molecule has 1 nitrogen and oxygen atoms in total. The summed E-state index contributed by atoms with van der Waals surface area (Å²) in [5.41, 5.74) is 20.8. The van der Waals surface area contributed by atoms with Crippen LogP contribution in [0.25, 0.3) is 44.2 Å². The molecule has 0 amide bonds. The molecule has 4 aromatic carbocycles. The van der Waals surface area contributed by atoms with Gasteiger partial charge in [0.1, 0.15) is 89.6 Å². The van der Waals surface area contributed by atoms with Crippen molar-refractivity contribution in [1.29, 1.82) is 0 Å². The fraction of sp³-hybridized carbons (Fsp3) is 0. The van der Waals surface area contributed by atoms with Gasteiger partial charge in [0.15, 0.2) is 0 Å². The molecule has 0 aliphatic heterocycles. The van der Waals surface area contributed by atoms with Crippen molar-refractivity contribution in [3.63, 3.8) is 0 Å². The van der Waals surface area contributed by atoms with Gasteiger partial charge in [-0.1, -0.05) is 46.1 Å². The van der Waals surface area contributed by atoms with Gasteiger partial charge < -0.3 is 4.42 Å². The molecule has 0 fully saturated rings. The van der Waals surface area contributed by atoms with Gasteiger partial charge in [0, 0.05) is 16.3 Å². The molecule has 0 bridgehead atoms. The Morgan fingerprint density at radius 3 is 1.40 bits per heavy atom. The van der Waals surface area contributed by atoms with E-state index in [1.54, 1.807) is 0 Å². The van der Waals surface area contributed by atoms with E-state index in [0.717, 1.165) is 11.2 Å². The lowest BCUT2D eigenvalue weighted by Gasteiger charge is -2.26. The zero-order valence-corrected chi connectivity index (χ0v) is 22.9. The van der Waals surface area contributed by atoms with Crippen LogP contribution >= 0.6 is 0 Å². The Kier molecular flexibility index (Phi) is 5.82. The highest BCUT2D eigenvalue weighted by Gasteiger charge is 2.24. The van der Waals surface area contributed by atoms with E-state index in [0.29, 0.717) is 0 Å². The van der Waals surface area contributed by atoms with E-state index in [1.807, 2.05) is 0 Å². The summed E-state index contributed by atoms with van der Waals surface area (Å²) in [7, 11) is 22.7. The molecule has 5 rings (SSSR count). The molecule has 1 heterocycles.